The van der Waals surface area contributed by atoms with Crippen LogP contribution in [0.4, 0.5) is 4.39 Å². The van der Waals surface area contributed by atoms with Gasteiger partial charge in [0.15, 0.2) is 0 Å². The lowest BCUT2D eigenvalue weighted by molar-refractivity contribution is 0.109. The Kier molecular flexibility index (Phi) is 7.93. The first-order valence-corrected chi connectivity index (χ1v) is 13.4. The monoisotopic (exact) mass is 412 g/mol. The number of benzene rings is 1. The Morgan fingerprint density at radius 3 is 2.30 bits per heavy atom. The van der Waals surface area contributed by atoms with Crippen molar-refractivity contribution in [1.82, 2.24) is 0 Å². The Morgan fingerprint density at radius 1 is 0.833 bits per heavy atom. The molecule has 0 bridgehead atoms. The fourth-order valence-corrected chi connectivity index (χ4v) is 7.03. The van der Waals surface area contributed by atoms with Gasteiger partial charge in [-0.25, -0.2) is 4.39 Å². The third kappa shape index (κ3) is 5.68. The van der Waals surface area contributed by atoms with E-state index < -0.39 is 0 Å². The third-order valence-corrected chi connectivity index (χ3v) is 9.19. The molecule has 0 N–H and O–H groups in total. The van der Waals surface area contributed by atoms with Gasteiger partial charge in [-0.15, -0.1) is 0 Å². The second-order valence-corrected chi connectivity index (χ2v) is 11.4. The molecule has 0 amide bonds. The first kappa shape index (κ1) is 22.3. The molecule has 0 aliphatic heterocycles. The van der Waals surface area contributed by atoms with E-state index in [1.54, 1.807) is 0 Å². The van der Waals surface area contributed by atoms with Gasteiger partial charge in [0.25, 0.3) is 0 Å². The highest BCUT2D eigenvalue weighted by molar-refractivity contribution is 5.27. The SMILES string of the molecule is CCCCc1ccc(C2CCC3CC(CCC4CCC(C)CC4)CCC3C2)cc1F. The number of hydrogen-bond acceptors (Lipinski definition) is 0. The average Bonchev–Trinajstić information content (AvgIpc) is 2.77. The predicted molar refractivity (Wildman–Crippen MR) is 126 cm³/mol. The Balaban J connectivity index is 1.25. The van der Waals surface area contributed by atoms with Crippen molar-refractivity contribution in [3.05, 3.63) is 35.1 Å². The molecule has 0 heterocycles. The van der Waals surface area contributed by atoms with Crippen LogP contribution in [0.3, 0.4) is 0 Å². The zero-order chi connectivity index (χ0) is 20.9. The van der Waals surface area contributed by atoms with Gasteiger partial charge in [-0.3, -0.25) is 0 Å². The van der Waals surface area contributed by atoms with Gasteiger partial charge in [-0.05, 0) is 97.6 Å². The van der Waals surface area contributed by atoms with Gasteiger partial charge >= 0.3 is 0 Å². The van der Waals surface area contributed by atoms with Crippen molar-refractivity contribution in [2.45, 2.75) is 116 Å². The molecule has 1 aromatic rings. The van der Waals surface area contributed by atoms with Gasteiger partial charge in [0.2, 0.25) is 0 Å². The topological polar surface area (TPSA) is 0 Å². The van der Waals surface area contributed by atoms with Gasteiger partial charge in [0.05, 0.1) is 0 Å². The molecule has 168 valence electrons. The summed E-state index contributed by atoms with van der Waals surface area (Å²) in [5.74, 6) is 5.51. The number of fused-ring (bicyclic) bond motifs is 1. The second kappa shape index (κ2) is 10.6. The smallest absolute Gasteiger partial charge is 0.126 e. The molecule has 0 aromatic heterocycles. The van der Waals surface area contributed by atoms with Crippen LogP contribution in [0, 0.1) is 35.4 Å². The maximum Gasteiger partial charge on any atom is 0.126 e. The van der Waals surface area contributed by atoms with E-state index in [-0.39, 0.29) is 5.82 Å². The minimum Gasteiger partial charge on any atom is -0.207 e. The summed E-state index contributed by atoms with van der Waals surface area (Å²) in [6, 6.07) is 6.21. The number of unbranched alkanes of at least 4 members (excludes halogenated alkanes) is 1. The van der Waals surface area contributed by atoms with Crippen LogP contribution in [-0.4, -0.2) is 0 Å². The van der Waals surface area contributed by atoms with Crippen molar-refractivity contribution in [3.63, 3.8) is 0 Å². The summed E-state index contributed by atoms with van der Waals surface area (Å²) in [4.78, 5) is 0. The van der Waals surface area contributed by atoms with Crippen molar-refractivity contribution in [3.8, 4) is 0 Å². The van der Waals surface area contributed by atoms with E-state index in [2.05, 4.69) is 26.0 Å². The molecular weight excluding hydrogens is 367 g/mol. The van der Waals surface area contributed by atoms with E-state index in [9.17, 15) is 4.39 Å². The molecule has 3 aliphatic rings. The second-order valence-electron chi connectivity index (χ2n) is 11.4. The summed E-state index contributed by atoms with van der Waals surface area (Å²) in [6.45, 7) is 4.61. The molecule has 4 atom stereocenters. The lowest BCUT2D eigenvalue weighted by Crippen LogP contribution is -2.30. The quantitative estimate of drug-likeness (QED) is 0.419. The molecule has 4 unspecified atom stereocenters. The van der Waals surface area contributed by atoms with Crippen molar-refractivity contribution in [2.24, 2.45) is 29.6 Å². The van der Waals surface area contributed by atoms with Crippen LogP contribution in [0.2, 0.25) is 0 Å². The highest BCUT2D eigenvalue weighted by Crippen LogP contribution is 2.49. The van der Waals surface area contributed by atoms with Gasteiger partial charge in [0.1, 0.15) is 5.82 Å². The molecular formula is C29H45F. The van der Waals surface area contributed by atoms with Gasteiger partial charge in [-0.2, -0.15) is 0 Å². The zero-order valence-corrected chi connectivity index (χ0v) is 19.7. The summed E-state index contributed by atoms with van der Waals surface area (Å²) < 4.78 is 14.6. The largest absolute Gasteiger partial charge is 0.207 e. The zero-order valence-electron chi connectivity index (χ0n) is 19.7. The van der Waals surface area contributed by atoms with E-state index in [1.807, 2.05) is 6.07 Å². The first-order chi connectivity index (χ1) is 14.6. The fourth-order valence-electron chi connectivity index (χ4n) is 7.03. The Morgan fingerprint density at radius 2 is 1.53 bits per heavy atom. The molecule has 30 heavy (non-hydrogen) atoms. The lowest BCUT2D eigenvalue weighted by Gasteiger charge is -2.43. The van der Waals surface area contributed by atoms with Gasteiger partial charge in [-0.1, -0.05) is 77.3 Å². The van der Waals surface area contributed by atoms with Crippen LogP contribution in [0.25, 0.3) is 0 Å². The fraction of sp³-hybridized carbons (Fsp3) is 0.793. The highest BCUT2D eigenvalue weighted by Gasteiger charge is 2.36. The molecule has 0 saturated heterocycles. The maximum absolute atomic E-state index is 14.6. The summed E-state index contributed by atoms with van der Waals surface area (Å²) in [6.07, 6.45) is 20.4. The molecule has 4 rings (SSSR count). The van der Waals surface area contributed by atoms with Crippen molar-refractivity contribution < 1.29 is 4.39 Å². The standard InChI is InChI=1S/C29H45F/c1-3-4-5-24-14-15-28(20-29(24)30)27-17-16-25-18-23(12-13-26(25)19-27)11-10-22-8-6-21(2)7-9-22/h14-15,20-23,25-27H,3-13,16-19H2,1-2H3. The third-order valence-electron chi connectivity index (χ3n) is 9.19. The normalized spacial score (nSPS) is 34.5. The molecule has 1 heteroatoms. The lowest BCUT2D eigenvalue weighted by atomic mass is 9.63. The van der Waals surface area contributed by atoms with E-state index in [4.69, 9.17) is 0 Å². The molecule has 3 saturated carbocycles. The highest BCUT2D eigenvalue weighted by atomic mass is 19.1. The van der Waals surface area contributed by atoms with Crippen molar-refractivity contribution in [2.75, 3.05) is 0 Å². The van der Waals surface area contributed by atoms with E-state index in [0.717, 1.165) is 54.4 Å². The average molecular weight is 413 g/mol. The van der Waals surface area contributed by atoms with Crippen LogP contribution in [0.15, 0.2) is 18.2 Å². The Hall–Kier alpha value is -0.850. The van der Waals surface area contributed by atoms with Crippen LogP contribution < -0.4 is 0 Å². The van der Waals surface area contributed by atoms with E-state index in [0.29, 0.717) is 5.92 Å². The number of rotatable bonds is 7. The number of aryl methyl sites for hydroxylation is 1. The predicted octanol–water partition coefficient (Wildman–Crippen LogP) is 9.07. The molecule has 3 fully saturated rings. The number of hydrogen-bond donors (Lipinski definition) is 0. The summed E-state index contributed by atoms with van der Waals surface area (Å²) >= 11 is 0. The Labute approximate surface area is 185 Å². The summed E-state index contributed by atoms with van der Waals surface area (Å²) in [7, 11) is 0. The van der Waals surface area contributed by atoms with Crippen LogP contribution >= 0.6 is 0 Å². The molecule has 3 aliphatic carbocycles. The van der Waals surface area contributed by atoms with Crippen molar-refractivity contribution in [1.29, 1.82) is 0 Å². The minimum atomic E-state index is 0.0453. The van der Waals surface area contributed by atoms with Crippen molar-refractivity contribution >= 4 is 0 Å². The Bertz CT molecular complexity index is 656. The summed E-state index contributed by atoms with van der Waals surface area (Å²) in [5, 5.41) is 0. The maximum atomic E-state index is 14.6. The van der Waals surface area contributed by atoms with Gasteiger partial charge in [0, 0.05) is 0 Å². The first-order valence-electron chi connectivity index (χ1n) is 13.4. The minimum absolute atomic E-state index is 0.0453. The summed E-state index contributed by atoms with van der Waals surface area (Å²) in [5.41, 5.74) is 2.20. The van der Waals surface area contributed by atoms with E-state index >= 15 is 0 Å². The van der Waals surface area contributed by atoms with Crippen LogP contribution in [-0.2, 0) is 6.42 Å². The molecule has 0 spiro atoms. The van der Waals surface area contributed by atoms with E-state index in [1.165, 1.54) is 82.6 Å². The molecule has 0 radical (unpaired) electrons. The van der Waals surface area contributed by atoms with Crippen LogP contribution in [0.1, 0.15) is 121 Å². The molecule has 1 aromatic carbocycles. The van der Waals surface area contributed by atoms with Crippen LogP contribution in [0.5, 0.6) is 0 Å². The molecule has 0 nitrogen and oxygen atoms in total. The number of halogens is 1. The van der Waals surface area contributed by atoms with Gasteiger partial charge < -0.3 is 0 Å².